The lowest BCUT2D eigenvalue weighted by Gasteiger charge is -2.29. The van der Waals surface area contributed by atoms with E-state index in [4.69, 9.17) is 23.7 Å². The van der Waals surface area contributed by atoms with Crippen LogP contribution in [0.4, 0.5) is 10.5 Å². The van der Waals surface area contributed by atoms with Crippen LogP contribution in [0.2, 0.25) is 0 Å². The molecule has 3 aliphatic rings. The maximum Gasteiger partial charge on any atom is 0.319 e. The van der Waals surface area contributed by atoms with Crippen LogP contribution in [-0.4, -0.2) is 67.9 Å². The lowest BCUT2D eigenvalue weighted by molar-refractivity contribution is -0.223. The Balaban J connectivity index is 1.42. The second-order valence-electron chi connectivity index (χ2n) is 9.01. The minimum absolute atomic E-state index is 0.167. The first-order valence-electron chi connectivity index (χ1n) is 10.6. The molecule has 0 spiro atoms. The minimum Gasteiger partial charge on any atom is -0.469 e. The van der Waals surface area contributed by atoms with E-state index in [2.05, 4.69) is 15.4 Å². The van der Waals surface area contributed by atoms with Gasteiger partial charge in [-0.1, -0.05) is 12.1 Å². The Kier molecular flexibility index (Phi) is 6.17. The molecule has 176 valence electrons. The highest BCUT2D eigenvalue weighted by Crippen LogP contribution is 2.40. The quantitative estimate of drug-likeness (QED) is 0.654. The molecule has 3 heterocycles. The zero-order valence-electron chi connectivity index (χ0n) is 18.9. The fourth-order valence-electron chi connectivity index (χ4n) is 4.16. The van der Waals surface area contributed by atoms with Crippen LogP contribution in [-0.2, 0) is 39.6 Å². The summed E-state index contributed by atoms with van der Waals surface area (Å²) in [5.74, 6) is -1.88. The second kappa shape index (κ2) is 8.60. The number of urea groups is 1. The van der Waals surface area contributed by atoms with E-state index in [9.17, 15) is 9.59 Å². The molecular formula is C22H30N2O8. The molecule has 3 aliphatic heterocycles. The molecule has 1 aromatic rings. The van der Waals surface area contributed by atoms with Crippen molar-refractivity contribution in [3.05, 3.63) is 29.8 Å². The Morgan fingerprint density at radius 2 is 1.75 bits per heavy atom. The van der Waals surface area contributed by atoms with Crippen molar-refractivity contribution in [2.24, 2.45) is 0 Å². The van der Waals surface area contributed by atoms with E-state index in [1.165, 1.54) is 7.11 Å². The van der Waals surface area contributed by atoms with Crippen molar-refractivity contribution in [2.75, 3.05) is 19.0 Å². The van der Waals surface area contributed by atoms with Gasteiger partial charge in [0.2, 0.25) is 0 Å². The Labute approximate surface area is 186 Å². The van der Waals surface area contributed by atoms with E-state index >= 15 is 0 Å². The predicted molar refractivity (Wildman–Crippen MR) is 112 cm³/mol. The molecule has 10 nitrogen and oxygen atoms in total. The SMILES string of the molecule is COC(=O)Cc1ccc(NC(=O)N[C@@H]2[C@H]3OC(C)(C)O[C@H]3O[C@@H]2C2COC(C)(C)O2)cc1. The van der Waals surface area contributed by atoms with Crippen molar-refractivity contribution in [1.82, 2.24) is 5.32 Å². The summed E-state index contributed by atoms with van der Waals surface area (Å²) in [4.78, 5) is 24.2. The average Bonchev–Trinajstić information content (AvgIpc) is 3.33. The molecule has 0 bridgehead atoms. The van der Waals surface area contributed by atoms with Crippen molar-refractivity contribution >= 4 is 17.7 Å². The maximum absolute atomic E-state index is 12.8. The van der Waals surface area contributed by atoms with E-state index in [1.807, 2.05) is 13.8 Å². The van der Waals surface area contributed by atoms with Gasteiger partial charge in [-0.2, -0.15) is 0 Å². The Morgan fingerprint density at radius 3 is 2.38 bits per heavy atom. The molecule has 3 saturated heterocycles. The van der Waals surface area contributed by atoms with Gasteiger partial charge in [0.1, 0.15) is 18.3 Å². The fraction of sp³-hybridized carbons (Fsp3) is 0.636. The molecule has 1 unspecified atom stereocenters. The zero-order chi connectivity index (χ0) is 23.1. The molecule has 0 saturated carbocycles. The lowest BCUT2D eigenvalue weighted by Crippen LogP contribution is -2.53. The summed E-state index contributed by atoms with van der Waals surface area (Å²) in [5.41, 5.74) is 1.36. The lowest BCUT2D eigenvalue weighted by atomic mass is 10.0. The monoisotopic (exact) mass is 450 g/mol. The molecule has 0 aliphatic carbocycles. The molecule has 2 amide bonds. The van der Waals surface area contributed by atoms with Crippen molar-refractivity contribution in [3.8, 4) is 0 Å². The molecule has 0 aromatic heterocycles. The molecule has 32 heavy (non-hydrogen) atoms. The first-order chi connectivity index (χ1) is 15.0. The number of carbonyl (C=O) groups excluding carboxylic acids is 2. The number of hydrogen-bond acceptors (Lipinski definition) is 8. The van der Waals surface area contributed by atoms with Crippen LogP contribution in [0.1, 0.15) is 33.3 Å². The van der Waals surface area contributed by atoms with Gasteiger partial charge in [-0.3, -0.25) is 4.79 Å². The molecule has 0 radical (unpaired) electrons. The molecule has 10 heteroatoms. The van der Waals surface area contributed by atoms with E-state index in [-0.39, 0.29) is 18.5 Å². The number of hydrogen-bond donors (Lipinski definition) is 2. The van der Waals surface area contributed by atoms with E-state index < -0.39 is 42.1 Å². The number of carbonyl (C=O) groups is 2. The van der Waals surface area contributed by atoms with Crippen LogP contribution in [0.5, 0.6) is 0 Å². The van der Waals surface area contributed by atoms with Crippen LogP contribution < -0.4 is 10.6 Å². The number of amides is 2. The average molecular weight is 450 g/mol. The van der Waals surface area contributed by atoms with Gasteiger partial charge in [0.15, 0.2) is 17.9 Å². The summed E-state index contributed by atoms with van der Waals surface area (Å²) >= 11 is 0. The van der Waals surface area contributed by atoms with Crippen LogP contribution in [0.25, 0.3) is 0 Å². The first kappa shape index (κ1) is 22.9. The maximum atomic E-state index is 12.8. The number of methoxy groups -OCH3 is 1. The molecule has 4 rings (SSSR count). The third-order valence-electron chi connectivity index (χ3n) is 5.57. The standard InChI is InChI=1S/C22H30N2O8/c1-21(2)28-11-14(30-21)17-16(18-19(29-17)32-22(3,4)31-18)24-20(26)23-13-8-6-12(7-9-13)10-15(25)27-5/h6-9,14,16-19H,10-11H2,1-5H3,(H2,23,24,26)/t14?,16-,17+,18+,19+/m0/s1. The topological polar surface area (TPSA) is 114 Å². The molecule has 2 N–H and O–H groups in total. The number of anilines is 1. The molecule has 5 atom stereocenters. The normalized spacial score (nSPS) is 32.3. The Morgan fingerprint density at radius 1 is 1.03 bits per heavy atom. The minimum atomic E-state index is -0.821. The summed E-state index contributed by atoms with van der Waals surface area (Å²) in [6.07, 6.45) is -1.83. The molecular weight excluding hydrogens is 420 g/mol. The summed E-state index contributed by atoms with van der Waals surface area (Å²) in [5, 5.41) is 5.76. The van der Waals surface area contributed by atoms with Gasteiger partial charge in [-0.05, 0) is 45.4 Å². The Hall–Kier alpha value is -2.24. The number of nitrogens with one attached hydrogen (secondary N) is 2. The summed E-state index contributed by atoms with van der Waals surface area (Å²) in [6, 6.07) is 6.02. The zero-order valence-corrected chi connectivity index (χ0v) is 18.9. The third kappa shape index (κ3) is 5.05. The van der Waals surface area contributed by atoms with Crippen molar-refractivity contribution in [1.29, 1.82) is 0 Å². The van der Waals surface area contributed by atoms with Crippen molar-refractivity contribution in [2.45, 2.75) is 76.3 Å². The largest absolute Gasteiger partial charge is 0.469 e. The van der Waals surface area contributed by atoms with Gasteiger partial charge < -0.3 is 39.1 Å². The number of benzene rings is 1. The predicted octanol–water partition coefficient (Wildman–Crippen LogP) is 1.92. The first-order valence-corrected chi connectivity index (χ1v) is 10.6. The van der Waals surface area contributed by atoms with Gasteiger partial charge in [0, 0.05) is 5.69 Å². The summed E-state index contributed by atoms with van der Waals surface area (Å²) < 4.78 is 34.3. The summed E-state index contributed by atoms with van der Waals surface area (Å²) in [6.45, 7) is 7.60. The van der Waals surface area contributed by atoms with E-state index in [1.54, 1.807) is 38.1 Å². The van der Waals surface area contributed by atoms with Crippen molar-refractivity contribution < 1.29 is 38.0 Å². The highest BCUT2D eigenvalue weighted by molar-refractivity contribution is 5.89. The second-order valence-corrected chi connectivity index (χ2v) is 9.01. The van der Waals surface area contributed by atoms with Crippen molar-refractivity contribution in [3.63, 3.8) is 0 Å². The highest BCUT2D eigenvalue weighted by Gasteiger charge is 2.58. The number of rotatable bonds is 5. The van der Waals surface area contributed by atoms with Crippen LogP contribution in [0.3, 0.4) is 0 Å². The van der Waals surface area contributed by atoms with Crippen LogP contribution >= 0.6 is 0 Å². The number of esters is 1. The number of fused-ring (bicyclic) bond motifs is 1. The van der Waals surface area contributed by atoms with Gasteiger partial charge in [-0.25, -0.2) is 4.79 Å². The Bertz CT molecular complexity index is 856. The van der Waals surface area contributed by atoms with Crippen LogP contribution in [0.15, 0.2) is 24.3 Å². The smallest absolute Gasteiger partial charge is 0.319 e. The molecule has 1 aromatic carbocycles. The van der Waals surface area contributed by atoms with Gasteiger partial charge in [-0.15, -0.1) is 0 Å². The van der Waals surface area contributed by atoms with E-state index in [0.717, 1.165) is 5.56 Å². The highest BCUT2D eigenvalue weighted by atomic mass is 16.8. The molecule has 3 fully saturated rings. The van der Waals surface area contributed by atoms with Gasteiger partial charge in [0.05, 0.1) is 26.2 Å². The fourth-order valence-corrected chi connectivity index (χ4v) is 4.16. The van der Waals surface area contributed by atoms with Crippen LogP contribution in [0, 0.1) is 0 Å². The van der Waals surface area contributed by atoms with Gasteiger partial charge in [0.25, 0.3) is 0 Å². The number of ether oxygens (including phenoxy) is 6. The van der Waals surface area contributed by atoms with E-state index in [0.29, 0.717) is 12.3 Å². The third-order valence-corrected chi connectivity index (χ3v) is 5.57. The van der Waals surface area contributed by atoms with Gasteiger partial charge >= 0.3 is 12.0 Å². The summed E-state index contributed by atoms with van der Waals surface area (Å²) in [7, 11) is 1.34.